The molecule has 0 aromatic rings. The zero-order valence-corrected chi connectivity index (χ0v) is 9.42. The molecule has 84 valence electrons. The Morgan fingerprint density at radius 3 is 2.71 bits per heavy atom. The molecule has 0 bridgehead atoms. The highest BCUT2D eigenvalue weighted by molar-refractivity contribution is 4.84. The van der Waals surface area contributed by atoms with Crippen molar-refractivity contribution in [2.24, 2.45) is 0 Å². The van der Waals surface area contributed by atoms with E-state index in [1.54, 1.807) is 7.11 Å². The first-order valence-electron chi connectivity index (χ1n) is 5.02. The molecule has 1 aliphatic heterocycles. The van der Waals surface area contributed by atoms with Crippen LogP contribution < -0.4 is 0 Å². The fraction of sp³-hybridized carbons (Fsp3) is 1.00. The first-order chi connectivity index (χ1) is 6.47. The predicted molar refractivity (Wildman–Crippen MR) is 53.0 cm³/mol. The van der Waals surface area contributed by atoms with Gasteiger partial charge in [-0.15, -0.1) is 0 Å². The van der Waals surface area contributed by atoms with Crippen LogP contribution in [0.3, 0.4) is 0 Å². The Bertz CT molecular complexity index is 189. The highest BCUT2D eigenvalue weighted by Crippen LogP contribution is 2.20. The zero-order valence-electron chi connectivity index (χ0n) is 9.42. The highest BCUT2D eigenvalue weighted by Gasteiger charge is 2.34. The van der Waals surface area contributed by atoms with Gasteiger partial charge in [0.05, 0.1) is 13.2 Å². The maximum absolute atomic E-state index is 13.2. The minimum absolute atomic E-state index is 0.310. The highest BCUT2D eigenvalue weighted by atomic mass is 19.1. The lowest BCUT2D eigenvalue weighted by molar-refractivity contribution is -0.0977. The minimum Gasteiger partial charge on any atom is -0.375 e. The van der Waals surface area contributed by atoms with Crippen molar-refractivity contribution in [3.8, 4) is 0 Å². The molecule has 3 nitrogen and oxygen atoms in total. The van der Waals surface area contributed by atoms with Gasteiger partial charge in [0.1, 0.15) is 5.60 Å². The Labute approximate surface area is 85.2 Å². The Morgan fingerprint density at radius 1 is 1.57 bits per heavy atom. The third kappa shape index (κ3) is 2.90. The van der Waals surface area contributed by atoms with Gasteiger partial charge in [0.15, 0.2) is 0 Å². The molecule has 4 heteroatoms. The minimum atomic E-state index is -1.20. The molecule has 1 aliphatic rings. The van der Waals surface area contributed by atoms with Crippen LogP contribution >= 0.6 is 0 Å². The van der Waals surface area contributed by atoms with Crippen LogP contribution in [0.5, 0.6) is 0 Å². The molecule has 1 heterocycles. The van der Waals surface area contributed by atoms with Gasteiger partial charge in [-0.2, -0.15) is 0 Å². The molecule has 0 aliphatic carbocycles. The van der Waals surface area contributed by atoms with Crippen LogP contribution in [0.15, 0.2) is 0 Å². The van der Waals surface area contributed by atoms with Gasteiger partial charge in [-0.1, -0.05) is 0 Å². The van der Waals surface area contributed by atoms with E-state index in [9.17, 15) is 4.39 Å². The Morgan fingerprint density at radius 2 is 2.21 bits per heavy atom. The van der Waals surface area contributed by atoms with E-state index in [0.29, 0.717) is 25.7 Å². The molecule has 0 N–H and O–H groups in total. The van der Waals surface area contributed by atoms with Crippen LogP contribution in [-0.4, -0.2) is 49.7 Å². The van der Waals surface area contributed by atoms with Gasteiger partial charge < -0.3 is 9.47 Å². The van der Waals surface area contributed by atoms with Gasteiger partial charge in [-0.3, -0.25) is 4.90 Å². The van der Waals surface area contributed by atoms with Crippen molar-refractivity contribution in [1.82, 2.24) is 4.90 Å². The first-order valence-corrected chi connectivity index (χ1v) is 5.02. The summed E-state index contributed by atoms with van der Waals surface area (Å²) < 4.78 is 23.6. The third-order valence-corrected chi connectivity index (χ3v) is 2.71. The van der Waals surface area contributed by atoms with Crippen LogP contribution in [-0.2, 0) is 9.47 Å². The molecule has 0 aromatic heterocycles. The van der Waals surface area contributed by atoms with Crippen LogP contribution in [0.25, 0.3) is 0 Å². The number of halogens is 1. The Kier molecular flexibility index (Phi) is 3.86. The molecular formula is C10H20FNO2. The maximum Gasteiger partial charge on any atom is 0.211 e. The van der Waals surface area contributed by atoms with Gasteiger partial charge in [0, 0.05) is 19.7 Å². The van der Waals surface area contributed by atoms with Gasteiger partial charge in [0.2, 0.25) is 6.36 Å². The van der Waals surface area contributed by atoms with E-state index in [0.717, 1.165) is 0 Å². The fourth-order valence-corrected chi connectivity index (χ4v) is 1.56. The van der Waals surface area contributed by atoms with E-state index < -0.39 is 12.0 Å². The van der Waals surface area contributed by atoms with E-state index in [1.165, 1.54) is 0 Å². The number of hydrogen-bond acceptors (Lipinski definition) is 3. The van der Waals surface area contributed by atoms with Crippen LogP contribution in [0.2, 0.25) is 0 Å². The number of ether oxygens (including phenoxy) is 2. The predicted octanol–water partition coefficient (Wildman–Crippen LogP) is 1.43. The van der Waals surface area contributed by atoms with Crippen molar-refractivity contribution >= 4 is 0 Å². The summed E-state index contributed by atoms with van der Waals surface area (Å²) in [7, 11) is 1.64. The van der Waals surface area contributed by atoms with E-state index in [4.69, 9.17) is 9.47 Å². The smallest absolute Gasteiger partial charge is 0.211 e. The van der Waals surface area contributed by atoms with Crippen LogP contribution in [0.4, 0.5) is 4.39 Å². The Balaban J connectivity index is 2.68. The second-order valence-corrected chi connectivity index (χ2v) is 4.40. The molecule has 0 amide bonds. The van der Waals surface area contributed by atoms with Crippen molar-refractivity contribution in [2.45, 2.75) is 38.8 Å². The second kappa shape index (κ2) is 4.55. The molecular weight excluding hydrogens is 185 g/mol. The van der Waals surface area contributed by atoms with Gasteiger partial charge in [0.25, 0.3) is 0 Å². The van der Waals surface area contributed by atoms with Crippen molar-refractivity contribution < 1.29 is 13.9 Å². The standard InChI is InChI=1S/C10H20FNO2/c1-8(2)12-5-9(11)14-7-10(3,6-12)13-4/h8-9H,5-7H2,1-4H3/t9-,10+/m0/s1. The summed E-state index contributed by atoms with van der Waals surface area (Å²) in [6.07, 6.45) is -1.20. The average Bonchev–Trinajstić information content (AvgIpc) is 2.27. The summed E-state index contributed by atoms with van der Waals surface area (Å²) in [5, 5.41) is 0. The number of alkyl halides is 1. The molecule has 0 aromatic carbocycles. The number of hydrogen-bond donors (Lipinski definition) is 0. The number of methoxy groups -OCH3 is 1. The molecule has 0 unspecified atom stereocenters. The molecule has 0 radical (unpaired) electrons. The van der Waals surface area contributed by atoms with Crippen molar-refractivity contribution in [2.75, 3.05) is 26.8 Å². The molecule has 1 fully saturated rings. The molecule has 1 rings (SSSR count). The fourth-order valence-electron chi connectivity index (χ4n) is 1.56. The SMILES string of the molecule is CO[C@@]1(C)CO[C@H](F)CN(C(C)C)C1. The summed E-state index contributed by atoms with van der Waals surface area (Å²) in [6.45, 7) is 7.40. The summed E-state index contributed by atoms with van der Waals surface area (Å²) >= 11 is 0. The van der Waals surface area contributed by atoms with Gasteiger partial charge in [-0.05, 0) is 20.8 Å². The monoisotopic (exact) mass is 205 g/mol. The largest absolute Gasteiger partial charge is 0.375 e. The van der Waals surface area contributed by atoms with Crippen LogP contribution in [0.1, 0.15) is 20.8 Å². The molecule has 1 saturated heterocycles. The van der Waals surface area contributed by atoms with E-state index in [-0.39, 0.29) is 0 Å². The van der Waals surface area contributed by atoms with E-state index in [1.807, 2.05) is 25.7 Å². The van der Waals surface area contributed by atoms with E-state index in [2.05, 4.69) is 0 Å². The molecule has 14 heavy (non-hydrogen) atoms. The molecule has 0 saturated carbocycles. The maximum atomic E-state index is 13.2. The topological polar surface area (TPSA) is 21.7 Å². The van der Waals surface area contributed by atoms with Crippen molar-refractivity contribution in [1.29, 1.82) is 0 Å². The third-order valence-electron chi connectivity index (χ3n) is 2.71. The van der Waals surface area contributed by atoms with Crippen molar-refractivity contribution in [3.63, 3.8) is 0 Å². The summed E-state index contributed by atoms with van der Waals surface area (Å²) in [5.41, 5.74) is -0.398. The van der Waals surface area contributed by atoms with Crippen LogP contribution in [0, 0.1) is 0 Å². The van der Waals surface area contributed by atoms with Gasteiger partial charge in [-0.25, -0.2) is 4.39 Å². The second-order valence-electron chi connectivity index (χ2n) is 4.40. The molecule has 2 atom stereocenters. The lowest BCUT2D eigenvalue weighted by Crippen LogP contribution is -2.46. The molecule has 0 spiro atoms. The normalized spacial score (nSPS) is 36.0. The quantitative estimate of drug-likeness (QED) is 0.680. The van der Waals surface area contributed by atoms with Crippen molar-refractivity contribution in [3.05, 3.63) is 0 Å². The summed E-state index contributed by atoms with van der Waals surface area (Å²) in [6, 6.07) is 0.310. The first kappa shape index (κ1) is 11.9. The number of nitrogens with zero attached hydrogens (tertiary/aromatic N) is 1. The lowest BCUT2D eigenvalue weighted by Gasteiger charge is -2.32. The van der Waals surface area contributed by atoms with E-state index >= 15 is 0 Å². The summed E-state index contributed by atoms with van der Waals surface area (Å²) in [5.74, 6) is 0. The lowest BCUT2D eigenvalue weighted by atomic mass is 10.1. The Hall–Kier alpha value is -0.190. The average molecular weight is 205 g/mol. The summed E-state index contributed by atoms with van der Waals surface area (Å²) in [4.78, 5) is 2.04. The number of rotatable bonds is 2. The zero-order chi connectivity index (χ0) is 10.8. The van der Waals surface area contributed by atoms with Gasteiger partial charge >= 0.3 is 0 Å².